The van der Waals surface area contributed by atoms with Crippen molar-refractivity contribution in [1.29, 1.82) is 0 Å². The van der Waals surface area contributed by atoms with E-state index in [1.54, 1.807) is 17.0 Å². The summed E-state index contributed by atoms with van der Waals surface area (Å²) in [6.07, 6.45) is 3.51. The number of piperazine rings is 1. The van der Waals surface area contributed by atoms with Crippen LogP contribution >= 0.6 is 11.6 Å². The van der Waals surface area contributed by atoms with Crippen molar-refractivity contribution in [3.05, 3.63) is 82.9 Å². The number of halogens is 3. The zero-order valence-corrected chi connectivity index (χ0v) is 30.0. The lowest BCUT2D eigenvalue weighted by Crippen LogP contribution is -2.52. The number of amides is 3. The second kappa shape index (κ2) is 15.9. The summed E-state index contributed by atoms with van der Waals surface area (Å²) in [7, 11) is 7.09. The molecule has 4 aromatic rings. The van der Waals surface area contributed by atoms with Crippen molar-refractivity contribution in [2.75, 3.05) is 71.5 Å². The molecule has 1 unspecified atom stereocenters. The number of carbonyl (C=O) groups excluding carboxylic acids is 4. The lowest BCUT2D eigenvalue weighted by molar-refractivity contribution is -0.878. The molecular formula is C36H40ClF2N8O5+. The van der Waals surface area contributed by atoms with Crippen LogP contribution in [0.2, 0.25) is 5.02 Å². The Morgan fingerprint density at radius 2 is 1.63 bits per heavy atom. The smallest absolute Gasteiger partial charge is 0.292 e. The zero-order chi connectivity index (χ0) is 37.7. The Balaban J connectivity index is 0.00000124. The van der Waals surface area contributed by atoms with Gasteiger partial charge in [-0.05, 0) is 42.5 Å². The van der Waals surface area contributed by atoms with Crippen LogP contribution in [-0.2, 0) is 21.4 Å². The number of nitrogens with two attached hydrogens (primary N) is 1. The monoisotopic (exact) mass is 737 g/mol. The molecule has 2 aromatic heterocycles. The highest BCUT2D eigenvalue weighted by atomic mass is 35.5. The largest absolute Gasteiger partial charge is 0.471 e. The van der Waals surface area contributed by atoms with Crippen molar-refractivity contribution in [3.63, 3.8) is 0 Å². The number of carbonyl (C=O) groups is 4. The molecule has 0 bridgehead atoms. The van der Waals surface area contributed by atoms with E-state index in [1.165, 1.54) is 61.5 Å². The number of aromatic nitrogens is 3. The number of nitrogens with one attached hydrogen (secondary N) is 1. The maximum atomic E-state index is 15.2. The number of nitrogen functional groups attached to an aromatic ring is 1. The van der Waals surface area contributed by atoms with Gasteiger partial charge in [-0.3, -0.25) is 24.2 Å². The number of rotatable bonds is 7. The number of benzene rings is 2. The molecule has 2 aliphatic rings. The van der Waals surface area contributed by atoms with E-state index >= 15 is 8.78 Å². The Morgan fingerprint density at radius 1 is 0.981 bits per heavy atom. The van der Waals surface area contributed by atoms with Gasteiger partial charge in [-0.1, -0.05) is 11.6 Å². The van der Waals surface area contributed by atoms with Gasteiger partial charge in [0.2, 0.25) is 5.91 Å². The summed E-state index contributed by atoms with van der Waals surface area (Å²) in [5.41, 5.74) is 6.92. The minimum Gasteiger partial charge on any atom is -0.471 e. The van der Waals surface area contributed by atoms with Crippen molar-refractivity contribution >= 4 is 47.2 Å². The second-order valence-corrected chi connectivity index (χ2v) is 13.6. The molecule has 3 N–H and O–H groups in total. The first-order chi connectivity index (χ1) is 24.7. The van der Waals surface area contributed by atoms with Gasteiger partial charge in [0.05, 0.1) is 80.3 Å². The standard InChI is InChI=1S/C34H35ClF2N8O3.C2H4O2/c1-42-28(25-8-7-24(29(36)30(25)37)27-9-4-21(38)17-39-27)18-40-31(42)32(46)41-22-5-6-23(26(35)16-22)34(48)44-13-11-43(12-14-44)33(47)20-10-15-45(2,3)19-20;1-4-2-3/h4-9,16-18,20H,10-15,19H2,1-3H3,(H2-,38,41,46,48);2H,1H3/p+1. The molecule has 6 rings (SSSR count). The molecule has 0 aliphatic carbocycles. The number of hydrogen-bond acceptors (Lipinski definition) is 8. The predicted molar refractivity (Wildman–Crippen MR) is 191 cm³/mol. The van der Waals surface area contributed by atoms with Gasteiger partial charge in [-0.15, -0.1) is 0 Å². The quantitative estimate of drug-likeness (QED) is 0.213. The number of imidazole rings is 1. The summed E-state index contributed by atoms with van der Waals surface area (Å²) < 4.78 is 36.4. The normalized spacial score (nSPS) is 16.5. The molecule has 2 saturated heterocycles. The maximum Gasteiger partial charge on any atom is 0.292 e. The summed E-state index contributed by atoms with van der Waals surface area (Å²) in [5, 5.41) is 2.85. The molecule has 52 heavy (non-hydrogen) atoms. The highest BCUT2D eigenvalue weighted by Gasteiger charge is 2.38. The van der Waals surface area contributed by atoms with E-state index in [0.717, 1.165) is 24.0 Å². The number of pyridine rings is 1. The number of methoxy groups -OCH3 is 1. The molecule has 13 nitrogen and oxygen atoms in total. The fourth-order valence-electron chi connectivity index (χ4n) is 6.38. The lowest BCUT2D eigenvalue weighted by atomic mass is 10.0. The highest BCUT2D eigenvalue weighted by Crippen LogP contribution is 2.32. The molecule has 274 valence electrons. The van der Waals surface area contributed by atoms with E-state index in [9.17, 15) is 14.4 Å². The summed E-state index contributed by atoms with van der Waals surface area (Å²) in [6, 6.07) is 10.4. The van der Waals surface area contributed by atoms with Crippen molar-refractivity contribution in [3.8, 4) is 22.5 Å². The van der Waals surface area contributed by atoms with Crippen LogP contribution in [0.15, 0.2) is 54.9 Å². The average molecular weight is 738 g/mol. The maximum absolute atomic E-state index is 15.2. The van der Waals surface area contributed by atoms with Crippen LogP contribution in [0.3, 0.4) is 0 Å². The summed E-state index contributed by atoms with van der Waals surface area (Å²) >= 11 is 6.50. The van der Waals surface area contributed by atoms with Gasteiger partial charge in [0, 0.05) is 56.5 Å². The number of anilines is 2. The Morgan fingerprint density at radius 3 is 2.23 bits per heavy atom. The molecule has 0 radical (unpaired) electrons. The fraction of sp³-hybridized carbons (Fsp3) is 0.333. The van der Waals surface area contributed by atoms with Crippen molar-refractivity contribution in [2.45, 2.75) is 6.42 Å². The van der Waals surface area contributed by atoms with E-state index in [-0.39, 0.29) is 56.7 Å². The van der Waals surface area contributed by atoms with Gasteiger partial charge < -0.3 is 34.6 Å². The van der Waals surface area contributed by atoms with Gasteiger partial charge in [0.1, 0.15) is 0 Å². The SMILES string of the molecule is COC=O.Cn1c(-c2ccc(-c3ccc(N)cn3)c(F)c2F)cnc1C(=O)Nc1ccc(C(=O)N2CCN(C(=O)C3CC[N+](C)(C)C3)CC2)c(Cl)c1. The number of quaternary nitrogens is 1. The predicted octanol–water partition coefficient (Wildman–Crippen LogP) is 4.09. The first kappa shape index (κ1) is 37.8. The van der Waals surface area contributed by atoms with Crippen LogP contribution in [0, 0.1) is 17.6 Å². The molecule has 2 aliphatic heterocycles. The average Bonchev–Trinajstić information content (AvgIpc) is 3.70. The van der Waals surface area contributed by atoms with E-state index < -0.39 is 17.5 Å². The minimum absolute atomic E-state index is 0.0197. The Kier molecular flexibility index (Phi) is 11.5. The van der Waals surface area contributed by atoms with Gasteiger partial charge >= 0.3 is 0 Å². The first-order valence-corrected chi connectivity index (χ1v) is 16.8. The van der Waals surface area contributed by atoms with E-state index in [0.29, 0.717) is 44.0 Å². The molecule has 3 amide bonds. The number of hydrogen-bond donors (Lipinski definition) is 2. The van der Waals surface area contributed by atoms with Crippen LogP contribution in [0.5, 0.6) is 0 Å². The molecule has 2 fully saturated rings. The van der Waals surface area contributed by atoms with Gasteiger partial charge in [-0.2, -0.15) is 0 Å². The lowest BCUT2D eigenvalue weighted by Gasteiger charge is -2.36. The molecule has 4 heterocycles. The van der Waals surface area contributed by atoms with Gasteiger partial charge in [-0.25, -0.2) is 13.8 Å². The summed E-state index contributed by atoms with van der Waals surface area (Å²) in [5.74, 6) is -2.96. The van der Waals surface area contributed by atoms with E-state index in [4.69, 9.17) is 22.1 Å². The van der Waals surface area contributed by atoms with Crippen molar-refractivity contribution < 1.29 is 37.2 Å². The second-order valence-electron chi connectivity index (χ2n) is 13.2. The first-order valence-electron chi connectivity index (χ1n) is 16.4. The van der Waals surface area contributed by atoms with E-state index in [2.05, 4.69) is 34.1 Å². The zero-order valence-electron chi connectivity index (χ0n) is 29.2. The molecule has 0 saturated carbocycles. The molecule has 1 atom stereocenters. The number of nitrogens with zero attached hydrogens (tertiary/aromatic N) is 6. The molecule has 16 heteroatoms. The highest BCUT2D eigenvalue weighted by molar-refractivity contribution is 6.34. The van der Waals surface area contributed by atoms with Crippen LogP contribution in [0.25, 0.3) is 22.5 Å². The van der Waals surface area contributed by atoms with Crippen LogP contribution < -0.4 is 11.1 Å². The molecule has 0 spiro atoms. The number of likely N-dealkylation sites (tertiary alicyclic amines) is 1. The third-order valence-electron chi connectivity index (χ3n) is 9.19. The summed E-state index contributed by atoms with van der Waals surface area (Å²) in [4.78, 5) is 60.2. The summed E-state index contributed by atoms with van der Waals surface area (Å²) in [6.45, 7) is 3.91. The molecule has 2 aromatic carbocycles. The van der Waals surface area contributed by atoms with Gasteiger partial charge in [0.15, 0.2) is 17.5 Å². The number of ether oxygens (including phenoxy) is 1. The molecular weight excluding hydrogens is 698 g/mol. The Bertz CT molecular complexity index is 1980. The topological polar surface area (TPSA) is 153 Å². The minimum atomic E-state index is -1.11. The van der Waals surface area contributed by atoms with Crippen LogP contribution in [-0.4, -0.2) is 113 Å². The third-order valence-corrected chi connectivity index (χ3v) is 9.50. The third kappa shape index (κ3) is 8.21. The van der Waals surface area contributed by atoms with Crippen molar-refractivity contribution in [2.24, 2.45) is 13.0 Å². The fourth-order valence-corrected chi connectivity index (χ4v) is 6.64. The Hall–Kier alpha value is -5.41. The van der Waals surface area contributed by atoms with Crippen LogP contribution in [0.1, 0.15) is 27.4 Å². The van der Waals surface area contributed by atoms with Crippen molar-refractivity contribution in [1.82, 2.24) is 24.3 Å². The van der Waals surface area contributed by atoms with Gasteiger partial charge in [0.25, 0.3) is 18.3 Å². The van der Waals surface area contributed by atoms with E-state index in [1.807, 2.05) is 4.90 Å². The Labute approximate surface area is 304 Å². The van der Waals surface area contributed by atoms with Crippen LogP contribution in [0.4, 0.5) is 20.2 Å².